The Morgan fingerprint density at radius 1 is 0.964 bits per heavy atom. The Hall–Kier alpha value is -6.16. The van der Waals surface area contributed by atoms with Gasteiger partial charge in [-0.3, -0.25) is 34.2 Å². The zero-order valence-electron chi connectivity index (χ0n) is 30.2. The summed E-state index contributed by atoms with van der Waals surface area (Å²) in [6.07, 6.45) is 4.57. The van der Waals surface area contributed by atoms with Gasteiger partial charge in [0.25, 0.3) is 11.8 Å². The number of rotatable bonds is 11. The molecule has 2 saturated heterocycles. The quantitative estimate of drug-likeness (QED) is 0.0977. The molecule has 5 aromatic rings. The number of imide groups is 2. The lowest BCUT2D eigenvalue weighted by molar-refractivity contribution is -0.136. The molecule has 5 amide bonds. The first-order valence-electron chi connectivity index (χ1n) is 18.4. The van der Waals surface area contributed by atoms with E-state index in [9.17, 15) is 24.0 Å². The second-order valence-electron chi connectivity index (χ2n) is 13.9. The maximum atomic E-state index is 15.1. The number of para-hydroxylation sites is 1. The molecule has 3 aliphatic heterocycles. The van der Waals surface area contributed by atoms with Gasteiger partial charge in [0.15, 0.2) is 5.65 Å². The third kappa shape index (κ3) is 7.19. The highest BCUT2D eigenvalue weighted by Crippen LogP contribution is 2.36. The van der Waals surface area contributed by atoms with Gasteiger partial charge in [-0.25, -0.2) is 19.0 Å². The predicted octanol–water partition coefficient (Wildman–Crippen LogP) is 5.53. The SMILES string of the molecule is Nc1ncnc2c1c(-c1ccc(Oc3ccccc3)cc1)nn2[C@@H]1CCCN(C(=O)CCCCSc2cc(F)c3c(c2)C(=O)N(C2CCC(=O)NC2=O)C3=O)C1. The van der Waals surface area contributed by atoms with E-state index in [0.717, 1.165) is 29.1 Å². The molecule has 56 heavy (non-hydrogen) atoms. The van der Waals surface area contributed by atoms with E-state index in [0.29, 0.717) is 71.3 Å². The number of thioether (sulfide) groups is 1. The smallest absolute Gasteiger partial charge is 0.265 e. The van der Waals surface area contributed by atoms with E-state index in [1.807, 2.05) is 64.2 Å². The third-order valence-corrected chi connectivity index (χ3v) is 11.3. The zero-order valence-corrected chi connectivity index (χ0v) is 31.0. The fourth-order valence-corrected chi connectivity index (χ4v) is 8.44. The van der Waals surface area contributed by atoms with Crippen LogP contribution < -0.4 is 15.8 Å². The molecule has 1 unspecified atom stereocenters. The molecule has 0 saturated carbocycles. The van der Waals surface area contributed by atoms with Crippen molar-refractivity contribution in [1.29, 1.82) is 0 Å². The van der Waals surface area contributed by atoms with Crippen molar-refractivity contribution in [3.8, 4) is 22.8 Å². The number of hydrogen-bond acceptors (Lipinski definition) is 11. The second kappa shape index (κ2) is 15.5. The van der Waals surface area contributed by atoms with Gasteiger partial charge >= 0.3 is 0 Å². The number of benzene rings is 3. The molecule has 2 atom stereocenters. The number of nitrogens with one attached hydrogen (secondary N) is 1. The summed E-state index contributed by atoms with van der Waals surface area (Å²) in [6.45, 7) is 1.10. The predicted molar refractivity (Wildman–Crippen MR) is 204 cm³/mol. The fourth-order valence-electron chi connectivity index (χ4n) is 7.47. The summed E-state index contributed by atoms with van der Waals surface area (Å²) in [5.41, 5.74) is 7.99. The third-order valence-electron chi connectivity index (χ3n) is 10.2. The molecular weight excluding hydrogens is 740 g/mol. The number of piperidine rings is 2. The first-order chi connectivity index (χ1) is 27.2. The molecule has 286 valence electrons. The first kappa shape index (κ1) is 36.8. The molecule has 8 rings (SSSR count). The van der Waals surface area contributed by atoms with Crippen LogP contribution >= 0.6 is 11.8 Å². The Balaban J connectivity index is 0.873. The van der Waals surface area contributed by atoms with E-state index < -0.39 is 35.5 Å². The summed E-state index contributed by atoms with van der Waals surface area (Å²) >= 11 is 1.32. The topological polar surface area (TPSA) is 183 Å². The standard InChI is InChI=1S/C40H37FN8O6S/c41-29-20-27(19-28-33(29)40(54)48(39(28)53)30-15-16-31(50)45-38(30)52)56-18-5-4-10-32(51)47-17-6-7-24(21-47)49-37-34(36(42)43-22-44-37)35(46-49)23-11-13-26(14-12-23)55-25-8-2-1-3-9-25/h1-3,8-9,11-14,19-20,22,24,30H,4-7,10,15-18,21H2,(H2,42,43,44)(H,45,50,52)/t24-,30?/m1/s1. The van der Waals surface area contributed by atoms with E-state index in [4.69, 9.17) is 15.6 Å². The molecule has 16 heteroatoms. The van der Waals surface area contributed by atoms with Crippen molar-refractivity contribution in [3.63, 3.8) is 0 Å². The van der Waals surface area contributed by atoms with E-state index in [1.165, 1.54) is 30.2 Å². The van der Waals surface area contributed by atoms with Crippen molar-refractivity contribution < 1.29 is 33.1 Å². The van der Waals surface area contributed by atoms with Gasteiger partial charge in [0.05, 0.1) is 22.6 Å². The Labute approximate surface area is 324 Å². The summed E-state index contributed by atoms with van der Waals surface area (Å²) in [4.78, 5) is 75.4. The molecular formula is C40H37FN8O6S. The summed E-state index contributed by atoms with van der Waals surface area (Å²) in [7, 11) is 0. The molecule has 0 spiro atoms. The van der Waals surface area contributed by atoms with Crippen LogP contribution in [-0.4, -0.2) is 84.0 Å². The van der Waals surface area contributed by atoms with Crippen LogP contribution in [0.1, 0.15) is 71.7 Å². The maximum Gasteiger partial charge on any atom is 0.265 e. The fraction of sp³-hybridized carbons (Fsp3) is 0.300. The molecule has 14 nitrogen and oxygen atoms in total. The maximum absolute atomic E-state index is 15.1. The van der Waals surface area contributed by atoms with Gasteiger partial charge in [-0.2, -0.15) is 5.10 Å². The molecule has 3 aromatic carbocycles. The van der Waals surface area contributed by atoms with Gasteiger partial charge in [-0.15, -0.1) is 11.8 Å². The van der Waals surface area contributed by atoms with E-state index >= 15 is 4.39 Å². The number of carbonyl (C=O) groups is 5. The van der Waals surface area contributed by atoms with Crippen molar-refractivity contribution in [1.82, 2.24) is 34.9 Å². The Bertz CT molecular complexity index is 2370. The molecule has 0 aliphatic carbocycles. The number of aromatic nitrogens is 4. The van der Waals surface area contributed by atoms with Crippen LogP contribution in [0.4, 0.5) is 10.2 Å². The number of nitrogen functional groups attached to an aromatic ring is 1. The van der Waals surface area contributed by atoms with Crippen LogP contribution in [0, 0.1) is 5.82 Å². The summed E-state index contributed by atoms with van der Waals surface area (Å²) in [5, 5.41) is 7.77. The minimum atomic E-state index is -1.17. The number of nitrogens with zero attached hydrogens (tertiary/aromatic N) is 6. The monoisotopic (exact) mass is 776 g/mol. The van der Waals surface area contributed by atoms with Crippen LogP contribution in [0.5, 0.6) is 11.5 Å². The lowest BCUT2D eigenvalue weighted by Gasteiger charge is -2.33. The molecule has 2 fully saturated rings. The lowest BCUT2D eigenvalue weighted by atomic mass is 10.0. The number of hydrogen-bond donors (Lipinski definition) is 2. The Kier molecular flexibility index (Phi) is 10.2. The minimum absolute atomic E-state index is 0.0110. The van der Waals surface area contributed by atoms with E-state index in [1.54, 1.807) is 0 Å². The molecule has 0 radical (unpaired) electrons. The van der Waals surface area contributed by atoms with Crippen molar-refractivity contribution in [3.05, 3.63) is 90.0 Å². The second-order valence-corrected chi connectivity index (χ2v) is 15.1. The van der Waals surface area contributed by atoms with Crippen molar-refractivity contribution in [2.75, 3.05) is 24.6 Å². The minimum Gasteiger partial charge on any atom is -0.457 e. The molecule has 0 bridgehead atoms. The first-order valence-corrected chi connectivity index (χ1v) is 19.4. The van der Waals surface area contributed by atoms with Crippen LogP contribution in [0.3, 0.4) is 0 Å². The highest BCUT2D eigenvalue weighted by atomic mass is 32.2. The summed E-state index contributed by atoms with van der Waals surface area (Å²) < 4.78 is 23.0. The highest BCUT2D eigenvalue weighted by Gasteiger charge is 2.46. The van der Waals surface area contributed by atoms with Gasteiger partial charge in [-0.05, 0) is 86.4 Å². The van der Waals surface area contributed by atoms with Crippen LogP contribution in [0.2, 0.25) is 0 Å². The number of anilines is 1. The number of amides is 5. The van der Waals surface area contributed by atoms with Crippen molar-refractivity contribution >= 4 is 58.1 Å². The van der Waals surface area contributed by atoms with Gasteiger partial charge in [0, 0.05) is 36.4 Å². The van der Waals surface area contributed by atoms with Gasteiger partial charge < -0.3 is 15.4 Å². The number of likely N-dealkylation sites (tertiary alicyclic amines) is 1. The van der Waals surface area contributed by atoms with E-state index in [-0.39, 0.29) is 35.9 Å². The van der Waals surface area contributed by atoms with Gasteiger partial charge in [-0.1, -0.05) is 18.2 Å². The van der Waals surface area contributed by atoms with Gasteiger partial charge in [0.2, 0.25) is 17.7 Å². The number of carbonyl (C=O) groups excluding carboxylic acids is 5. The Morgan fingerprint density at radius 3 is 2.54 bits per heavy atom. The zero-order chi connectivity index (χ0) is 38.9. The summed E-state index contributed by atoms with van der Waals surface area (Å²) in [5.74, 6) is -1.41. The number of nitrogens with two attached hydrogens (primary N) is 1. The van der Waals surface area contributed by atoms with Crippen molar-refractivity contribution in [2.24, 2.45) is 0 Å². The molecule has 3 N–H and O–H groups in total. The Morgan fingerprint density at radius 2 is 1.75 bits per heavy atom. The van der Waals surface area contributed by atoms with Crippen LogP contribution in [0.25, 0.3) is 22.3 Å². The number of ether oxygens (including phenoxy) is 1. The normalized spacial score (nSPS) is 18.4. The van der Waals surface area contributed by atoms with E-state index in [2.05, 4.69) is 15.3 Å². The number of unbranched alkanes of at least 4 members (excludes halogenated alkanes) is 1. The van der Waals surface area contributed by atoms with Gasteiger partial charge in [0.1, 0.15) is 41.2 Å². The molecule has 3 aliphatic rings. The largest absolute Gasteiger partial charge is 0.457 e. The number of halogens is 1. The number of fused-ring (bicyclic) bond motifs is 2. The van der Waals surface area contributed by atoms with Crippen molar-refractivity contribution in [2.45, 2.75) is 61.9 Å². The van der Waals surface area contributed by atoms with Crippen LogP contribution in [-0.2, 0) is 14.4 Å². The van der Waals surface area contributed by atoms with Crippen LogP contribution in [0.15, 0.2) is 78.0 Å². The molecule has 5 heterocycles. The molecule has 2 aromatic heterocycles. The average molecular weight is 777 g/mol. The average Bonchev–Trinajstić information content (AvgIpc) is 3.71. The highest BCUT2D eigenvalue weighted by molar-refractivity contribution is 7.99. The lowest BCUT2D eigenvalue weighted by Crippen LogP contribution is -2.54. The summed E-state index contributed by atoms with van der Waals surface area (Å²) in [6, 6.07) is 18.5.